The Morgan fingerprint density at radius 2 is 2.06 bits per heavy atom. The summed E-state index contributed by atoms with van der Waals surface area (Å²) in [6, 6.07) is 3.51. The van der Waals surface area contributed by atoms with E-state index in [4.69, 9.17) is 10.5 Å². The molecule has 0 saturated carbocycles. The van der Waals surface area contributed by atoms with Crippen molar-refractivity contribution in [2.24, 2.45) is 0 Å². The molecule has 0 heterocycles. The number of halogens is 1. The van der Waals surface area contributed by atoms with E-state index in [0.717, 1.165) is 6.07 Å². The fourth-order valence-electron chi connectivity index (χ4n) is 1.16. The Bertz CT molecular complexity index is 459. The second-order valence-corrected chi connectivity index (χ2v) is 3.85. The van der Waals surface area contributed by atoms with Gasteiger partial charge < -0.3 is 15.2 Å². The zero-order valence-electron chi connectivity index (χ0n) is 10.1. The van der Waals surface area contributed by atoms with Crippen molar-refractivity contribution in [1.82, 2.24) is 0 Å². The van der Waals surface area contributed by atoms with Crippen molar-refractivity contribution in [3.05, 3.63) is 29.6 Å². The molecule has 1 aromatic carbocycles. The van der Waals surface area contributed by atoms with Crippen molar-refractivity contribution in [2.45, 2.75) is 20.0 Å². The molecular weight excluding hydrogens is 241 g/mol. The van der Waals surface area contributed by atoms with Crippen LogP contribution in [0.15, 0.2) is 18.2 Å². The lowest BCUT2D eigenvalue weighted by Gasteiger charge is -2.08. The van der Waals surface area contributed by atoms with Gasteiger partial charge in [-0.1, -0.05) is 0 Å². The average Bonchev–Trinajstić information content (AvgIpc) is 2.28. The minimum Gasteiger partial charge on any atom is -0.460 e. The van der Waals surface area contributed by atoms with Gasteiger partial charge in [0.15, 0.2) is 6.61 Å². The molecule has 0 aliphatic rings. The molecule has 0 atom stereocenters. The van der Waals surface area contributed by atoms with Crippen LogP contribution in [0.3, 0.4) is 0 Å². The van der Waals surface area contributed by atoms with Gasteiger partial charge in [0, 0.05) is 0 Å². The standard InChI is InChI=1S/C12H14FNO4/c1-7(2)18-11(15)6-17-12(16)8-3-4-10(14)9(13)5-8/h3-5,7H,6,14H2,1-2H3. The fraction of sp³-hybridized carbons (Fsp3) is 0.333. The largest absolute Gasteiger partial charge is 0.460 e. The second kappa shape index (κ2) is 6.00. The number of benzene rings is 1. The molecular formula is C12H14FNO4. The molecule has 6 heteroatoms. The van der Waals surface area contributed by atoms with E-state index in [1.54, 1.807) is 13.8 Å². The van der Waals surface area contributed by atoms with Gasteiger partial charge in [-0.15, -0.1) is 0 Å². The number of carbonyl (C=O) groups excluding carboxylic acids is 2. The topological polar surface area (TPSA) is 78.6 Å². The molecule has 0 bridgehead atoms. The quantitative estimate of drug-likeness (QED) is 0.651. The third-order valence-corrected chi connectivity index (χ3v) is 1.92. The van der Waals surface area contributed by atoms with Crippen LogP contribution in [0.25, 0.3) is 0 Å². The normalized spacial score (nSPS) is 10.2. The Morgan fingerprint density at radius 1 is 1.39 bits per heavy atom. The lowest BCUT2D eigenvalue weighted by atomic mass is 10.2. The van der Waals surface area contributed by atoms with E-state index in [1.165, 1.54) is 12.1 Å². The summed E-state index contributed by atoms with van der Waals surface area (Å²) < 4.78 is 22.5. The molecule has 98 valence electrons. The maximum atomic E-state index is 13.1. The predicted octanol–water partition coefficient (Wildman–Crippen LogP) is 1.52. The van der Waals surface area contributed by atoms with E-state index in [2.05, 4.69) is 4.74 Å². The van der Waals surface area contributed by atoms with Crippen molar-refractivity contribution >= 4 is 17.6 Å². The van der Waals surface area contributed by atoms with Crippen molar-refractivity contribution < 1.29 is 23.5 Å². The molecule has 0 radical (unpaired) electrons. The van der Waals surface area contributed by atoms with Gasteiger partial charge in [0.2, 0.25) is 0 Å². The minimum atomic E-state index is -0.811. The van der Waals surface area contributed by atoms with E-state index in [-0.39, 0.29) is 17.4 Å². The number of nitrogen functional groups attached to an aromatic ring is 1. The van der Waals surface area contributed by atoms with Crippen LogP contribution in [0.4, 0.5) is 10.1 Å². The number of anilines is 1. The zero-order chi connectivity index (χ0) is 13.7. The predicted molar refractivity (Wildman–Crippen MR) is 62.3 cm³/mol. The Labute approximate surface area is 104 Å². The maximum absolute atomic E-state index is 13.1. The van der Waals surface area contributed by atoms with E-state index in [0.29, 0.717) is 0 Å². The van der Waals surface area contributed by atoms with Gasteiger partial charge in [0.1, 0.15) is 5.82 Å². The van der Waals surface area contributed by atoms with E-state index in [9.17, 15) is 14.0 Å². The van der Waals surface area contributed by atoms with Crippen LogP contribution in [0.1, 0.15) is 24.2 Å². The number of ether oxygens (including phenoxy) is 2. The first-order chi connectivity index (χ1) is 8.40. The minimum absolute atomic E-state index is 0.0148. The molecule has 5 nitrogen and oxygen atoms in total. The molecule has 18 heavy (non-hydrogen) atoms. The number of hydrogen-bond donors (Lipinski definition) is 1. The smallest absolute Gasteiger partial charge is 0.344 e. The number of hydrogen-bond acceptors (Lipinski definition) is 5. The van der Waals surface area contributed by atoms with E-state index >= 15 is 0 Å². The Kier molecular flexibility index (Phi) is 4.65. The number of esters is 2. The summed E-state index contributed by atoms with van der Waals surface area (Å²) in [6.07, 6.45) is -0.287. The average molecular weight is 255 g/mol. The molecule has 0 aliphatic carbocycles. The molecule has 0 amide bonds. The van der Waals surface area contributed by atoms with Crippen molar-refractivity contribution in [3.8, 4) is 0 Å². The number of carbonyl (C=O) groups is 2. The van der Waals surface area contributed by atoms with Gasteiger partial charge in [0.25, 0.3) is 0 Å². The van der Waals surface area contributed by atoms with Crippen LogP contribution >= 0.6 is 0 Å². The SMILES string of the molecule is CC(C)OC(=O)COC(=O)c1ccc(N)c(F)c1. The van der Waals surface area contributed by atoms with Crippen LogP contribution < -0.4 is 5.73 Å². The molecule has 0 spiro atoms. The highest BCUT2D eigenvalue weighted by Crippen LogP contribution is 2.12. The summed E-state index contributed by atoms with van der Waals surface area (Å²) in [5, 5.41) is 0. The first-order valence-electron chi connectivity index (χ1n) is 5.31. The molecule has 1 rings (SSSR count). The second-order valence-electron chi connectivity index (χ2n) is 3.85. The summed E-state index contributed by atoms with van der Waals surface area (Å²) in [5.74, 6) is -2.18. The van der Waals surface area contributed by atoms with Crippen LogP contribution in [0.2, 0.25) is 0 Å². The molecule has 0 aromatic heterocycles. The number of rotatable bonds is 4. The fourth-order valence-corrected chi connectivity index (χ4v) is 1.16. The summed E-state index contributed by atoms with van der Waals surface area (Å²) >= 11 is 0. The summed E-state index contributed by atoms with van der Waals surface area (Å²) in [7, 11) is 0. The van der Waals surface area contributed by atoms with Crippen molar-refractivity contribution in [1.29, 1.82) is 0 Å². The molecule has 0 fully saturated rings. The van der Waals surface area contributed by atoms with Crippen molar-refractivity contribution in [2.75, 3.05) is 12.3 Å². The van der Waals surface area contributed by atoms with Gasteiger partial charge in [-0.2, -0.15) is 0 Å². The summed E-state index contributed by atoms with van der Waals surface area (Å²) in [6.45, 7) is 2.84. The lowest BCUT2D eigenvalue weighted by Crippen LogP contribution is -2.19. The highest BCUT2D eigenvalue weighted by atomic mass is 19.1. The van der Waals surface area contributed by atoms with E-state index in [1.807, 2.05) is 0 Å². The molecule has 1 aromatic rings. The monoisotopic (exact) mass is 255 g/mol. The third kappa shape index (κ3) is 4.04. The Hall–Kier alpha value is -2.11. The maximum Gasteiger partial charge on any atom is 0.344 e. The Morgan fingerprint density at radius 3 is 2.61 bits per heavy atom. The van der Waals surface area contributed by atoms with Gasteiger partial charge in [-0.25, -0.2) is 14.0 Å². The molecule has 0 saturated heterocycles. The van der Waals surface area contributed by atoms with Crippen LogP contribution in [-0.4, -0.2) is 24.6 Å². The summed E-state index contributed by atoms with van der Waals surface area (Å²) in [5.41, 5.74) is 5.19. The lowest BCUT2D eigenvalue weighted by molar-refractivity contribution is -0.150. The van der Waals surface area contributed by atoms with Gasteiger partial charge >= 0.3 is 11.9 Å². The van der Waals surface area contributed by atoms with Gasteiger partial charge in [-0.3, -0.25) is 0 Å². The van der Waals surface area contributed by atoms with E-state index < -0.39 is 24.4 Å². The summed E-state index contributed by atoms with van der Waals surface area (Å²) in [4.78, 5) is 22.6. The zero-order valence-corrected chi connectivity index (χ0v) is 10.1. The van der Waals surface area contributed by atoms with Crippen LogP contribution in [-0.2, 0) is 14.3 Å². The van der Waals surface area contributed by atoms with Crippen LogP contribution in [0.5, 0.6) is 0 Å². The first kappa shape index (κ1) is 14.0. The highest BCUT2D eigenvalue weighted by molar-refractivity contribution is 5.91. The Balaban J connectivity index is 2.55. The molecule has 2 N–H and O–H groups in total. The van der Waals surface area contributed by atoms with Gasteiger partial charge in [-0.05, 0) is 32.0 Å². The molecule has 0 aliphatic heterocycles. The van der Waals surface area contributed by atoms with Crippen molar-refractivity contribution in [3.63, 3.8) is 0 Å². The molecule has 0 unspecified atom stereocenters. The number of nitrogens with two attached hydrogens (primary N) is 1. The third-order valence-electron chi connectivity index (χ3n) is 1.92. The highest BCUT2D eigenvalue weighted by Gasteiger charge is 2.13. The van der Waals surface area contributed by atoms with Crippen LogP contribution in [0, 0.1) is 5.82 Å². The first-order valence-corrected chi connectivity index (χ1v) is 5.31. The van der Waals surface area contributed by atoms with Gasteiger partial charge in [0.05, 0.1) is 17.4 Å².